The fourth-order valence-electron chi connectivity index (χ4n) is 4.07. The van der Waals surface area contributed by atoms with Gasteiger partial charge in [0.1, 0.15) is 11.5 Å². The van der Waals surface area contributed by atoms with E-state index in [1.54, 1.807) is 7.11 Å². The summed E-state index contributed by atoms with van der Waals surface area (Å²) in [6.45, 7) is 1.93. The Morgan fingerprint density at radius 2 is 1.73 bits per heavy atom. The van der Waals surface area contributed by atoms with Crippen molar-refractivity contribution in [2.75, 3.05) is 7.11 Å². The van der Waals surface area contributed by atoms with Gasteiger partial charge in [-0.25, -0.2) is 4.98 Å². The molecule has 168 valence electrons. The minimum atomic E-state index is -0.406. The molecule has 1 atom stereocenters. The molecule has 0 aliphatic heterocycles. The number of hydrogen-bond donors (Lipinski definition) is 1. The second kappa shape index (κ2) is 10.4. The summed E-state index contributed by atoms with van der Waals surface area (Å²) in [4.78, 5) is 17.4. The predicted molar refractivity (Wildman–Crippen MR) is 133 cm³/mol. The molecule has 1 aromatic heterocycles. The van der Waals surface area contributed by atoms with Crippen LogP contribution in [0.5, 0.6) is 5.75 Å². The molecule has 4 aromatic rings. The highest BCUT2D eigenvalue weighted by Crippen LogP contribution is 2.37. The molecule has 0 bridgehead atoms. The van der Waals surface area contributed by atoms with Crippen LogP contribution >= 0.6 is 0 Å². The molecule has 1 unspecified atom stereocenters. The average molecular weight is 440 g/mol. The third-order valence-corrected chi connectivity index (χ3v) is 5.95. The van der Waals surface area contributed by atoms with Crippen LogP contribution in [0.15, 0.2) is 78.9 Å². The molecule has 0 saturated carbocycles. The molecule has 4 nitrogen and oxygen atoms in total. The van der Waals surface area contributed by atoms with Crippen LogP contribution in [0.1, 0.15) is 31.7 Å². The van der Waals surface area contributed by atoms with Crippen molar-refractivity contribution in [3.63, 3.8) is 0 Å². The first-order valence-electron chi connectivity index (χ1n) is 11.4. The second-order valence-electron chi connectivity index (χ2n) is 8.29. The van der Waals surface area contributed by atoms with E-state index >= 15 is 0 Å². The lowest BCUT2D eigenvalue weighted by atomic mass is 9.95. The van der Waals surface area contributed by atoms with Gasteiger partial charge in [-0.05, 0) is 54.3 Å². The van der Waals surface area contributed by atoms with Gasteiger partial charge in [0.25, 0.3) is 0 Å². The number of aliphatic hydroxyl groups is 1. The molecule has 0 aliphatic carbocycles. The van der Waals surface area contributed by atoms with Gasteiger partial charge in [0.2, 0.25) is 0 Å². The summed E-state index contributed by atoms with van der Waals surface area (Å²) in [7, 11) is 1.67. The number of rotatable bonds is 9. The van der Waals surface area contributed by atoms with E-state index in [9.17, 15) is 9.90 Å². The minimum Gasteiger partial charge on any atom is -0.496 e. The summed E-state index contributed by atoms with van der Waals surface area (Å²) in [6, 6.07) is 26.3. The van der Waals surface area contributed by atoms with Gasteiger partial charge in [-0.1, -0.05) is 55.5 Å². The van der Waals surface area contributed by atoms with Gasteiger partial charge in [0.05, 0.1) is 24.4 Å². The maximum absolute atomic E-state index is 12.4. The van der Waals surface area contributed by atoms with Crippen LogP contribution < -0.4 is 4.74 Å². The topological polar surface area (TPSA) is 59.4 Å². The van der Waals surface area contributed by atoms with Crippen molar-refractivity contribution in [2.24, 2.45) is 0 Å². The number of carbonyl (C=O) groups excluding carboxylic acids is 1. The van der Waals surface area contributed by atoms with E-state index in [4.69, 9.17) is 9.72 Å². The lowest BCUT2D eigenvalue weighted by Gasteiger charge is -2.14. The molecule has 0 saturated heterocycles. The SMILES string of the molecule is CCC(O)CCC(=O)Cc1ccc2nc(-c3ccccc3OC)c(-c3ccccc3)cc2c1. The molecule has 0 aliphatic rings. The van der Waals surface area contributed by atoms with Crippen LogP contribution in [0.3, 0.4) is 0 Å². The Labute approximate surface area is 194 Å². The van der Waals surface area contributed by atoms with Crippen LogP contribution in [0.2, 0.25) is 0 Å². The van der Waals surface area contributed by atoms with Crippen molar-refractivity contribution in [1.29, 1.82) is 0 Å². The molecule has 0 spiro atoms. The monoisotopic (exact) mass is 439 g/mol. The lowest BCUT2D eigenvalue weighted by molar-refractivity contribution is -0.119. The lowest BCUT2D eigenvalue weighted by Crippen LogP contribution is -2.10. The fraction of sp³-hybridized carbons (Fsp3) is 0.241. The molecule has 4 rings (SSSR count). The van der Waals surface area contributed by atoms with E-state index in [2.05, 4.69) is 24.3 Å². The van der Waals surface area contributed by atoms with E-state index in [1.807, 2.05) is 61.5 Å². The molecule has 1 heterocycles. The van der Waals surface area contributed by atoms with Crippen molar-refractivity contribution in [1.82, 2.24) is 4.98 Å². The highest BCUT2D eigenvalue weighted by atomic mass is 16.5. The summed E-state index contributed by atoms with van der Waals surface area (Å²) < 4.78 is 5.62. The number of ether oxygens (including phenoxy) is 1. The van der Waals surface area contributed by atoms with Gasteiger partial charge in [-0.15, -0.1) is 0 Å². The maximum Gasteiger partial charge on any atom is 0.137 e. The smallest absolute Gasteiger partial charge is 0.137 e. The van der Waals surface area contributed by atoms with Crippen molar-refractivity contribution in [2.45, 2.75) is 38.7 Å². The Morgan fingerprint density at radius 3 is 2.48 bits per heavy atom. The molecular weight excluding hydrogens is 410 g/mol. The molecule has 0 amide bonds. The largest absolute Gasteiger partial charge is 0.496 e. The number of benzene rings is 3. The first kappa shape index (κ1) is 22.7. The van der Waals surface area contributed by atoms with E-state index in [1.165, 1.54) is 0 Å². The van der Waals surface area contributed by atoms with Crippen LogP contribution in [-0.4, -0.2) is 29.1 Å². The quantitative estimate of drug-likeness (QED) is 0.335. The van der Waals surface area contributed by atoms with Gasteiger partial charge in [-0.2, -0.15) is 0 Å². The van der Waals surface area contributed by atoms with Gasteiger partial charge in [0.15, 0.2) is 0 Å². The first-order chi connectivity index (χ1) is 16.1. The van der Waals surface area contributed by atoms with Crippen LogP contribution in [0, 0.1) is 0 Å². The Morgan fingerprint density at radius 1 is 0.970 bits per heavy atom. The number of pyridine rings is 1. The third-order valence-electron chi connectivity index (χ3n) is 5.95. The fourth-order valence-corrected chi connectivity index (χ4v) is 4.07. The van der Waals surface area contributed by atoms with E-state index in [-0.39, 0.29) is 5.78 Å². The number of aliphatic hydroxyl groups excluding tert-OH is 1. The maximum atomic E-state index is 12.4. The Balaban J connectivity index is 1.75. The highest BCUT2D eigenvalue weighted by molar-refractivity contribution is 5.93. The predicted octanol–water partition coefficient (Wildman–Crippen LogP) is 6.24. The van der Waals surface area contributed by atoms with Crippen molar-refractivity contribution < 1.29 is 14.6 Å². The van der Waals surface area contributed by atoms with Crippen molar-refractivity contribution in [3.05, 3.63) is 84.4 Å². The number of nitrogens with zero attached hydrogens (tertiary/aromatic N) is 1. The standard InChI is InChI=1S/C29H29NO3/c1-3-23(31)14-15-24(32)18-20-13-16-27-22(17-20)19-26(21-9-5-4-6-10-21)29(30-27)25-11-7-8-12-28(25)33-2/h4-13,16-17,19,23,31H,3,14-15,18H2,1-2H3. The average Bonchev–Trinajstić information content (AvgIpc) is 2.87. The number of aromatic nitrogens is 1. The molecule has 4 heteroatoms. The van der Waals surface area contributed by atoms with Crippen molar-refractivity contribution in [3.8, 4) is 28.1 Å². The van der Waals surface area contributed by atoms with Crippen molar-refractivity contribution >= 4 is 16.7 Å². The normalized spacial score (nSPS) is 12.0. The van der Waals surface area contributed by atoms with E-state index in [0.29, 0.717) is 25.7 Å². The zero-order valence-corrected chi connectivity index (χ0v) is 19.1. The highest BCUT2D eigenvalue weighted by Gasteiger charge is 2.16. The summed E-state index contributed by atoms with van der Waals surface area (Å²) in [5.74, 6) is 0.918. The zero-order chi connectivity index (χ0) is 23.2. The van der Waals surface area contributed by atoms with Crippen LogP contribution in [0.4, 0.5) is 0 Å². The molecule has 3 aromatic carbocycles. The number of Topliss-reactive ketones (excluding diaryl/α,β-unsaturated/α-hetero) is 1. The number of ketones is 1. The third kappa shape index (κ3) is 5.29. The van der Waals surface area contributed by atoms with E-state index in [0.717, 1.165) is 44.6 Å². The molecule has 0 fully saturated rings. The summed E-state index contributed by atoms with van der Waals surface area (Å²) in [5.41, 5.74) is 5.72. The van der Waals surface area contributed by atoms with Gasteiger partial charge >= 0.3 is 0 Å². The summed E-state index contributed by atoms with van der Waals surface area (Å²) in [6.07, 6.45) is 1.54. The molecular formula is C29H29NO3. The minimum absolute atomic E-state index is 0.142. The van der Waals surface area contributed by atoms with Crippen LogP contribution in [-0.2, 0) is 11.2 Å². The number of hydrogen-bond acceptors (Lipinski definition) is 4. The Hall–Kier alpha value is -3.50. The number of fused-ring (bicyclic) bond motifs is 1. The van der Waals surface area contributed by atoms with Gasteiger partial charge in [0, 0.05) is 29.4 Å². The Bertz CT molecular complexity index is 1250. The zero-order valence-electron chi connectivity index (χ0n) is 19.1. The van der Waals surface area contributed by atoms with Gasteiger partial charge < -0.3 is 9.84 Å². The molecule has 0 radical (unpaired) electrons. The first-order valence-corrected chi connectivity index (χ1v) is 11.4. The molecule has 33 heavy (non-hydrogen) atoms. The van der Waals surface area contributed by atoms with Crippen LogP contribution in [0.25, 0.3) is 33.3 Å². The summed E-state index contributed by atoms with van der Waals surface area (Å²) >= 11 is 0. The van der Waals surface area contributed by atoms with E-state index < -0.39 is 6.10 Å². The Kier molecular flexibility index (Phi) is 7.16. The number of carbonyl (C=O) groups is 1. The summed E-state index contributed by atoms with van der Waals surface area (Å²) in [5, 5.41) is 10.7. The van der Waals surface area contributed by atoms with Gasteiger partial charge in [-0.3, -0.25) is 4.79 Å². The number of methoxy groups -OCH3 is 1. The molecule has 1 N–H and O–H groups in total. The second-order valence-corrected chi connectivity index (χ2v) is 8.29. The number of para-hydroxylation sites is 1.